The van der Waals surface area contributed by atoms with Gasteiger partial charge in [-0.05, 0) is 37.6 Å². The minimum absolute atomic E-state index is 0.0688. The van der Waals surface area contributed by atoms with Crippen LogP contribution in [0.5, 0.6) is 0 Å². The van der Waals surface area contributed by atoms with Crippen molar-refractivity contribution < 1.29 is 23.5 Å². The lowest BCUT2D eigenvalue weighted by atomic mass is 10.1. The Kier molecular flexibility index (Phi) is 6.00. The lowest BCUT2D eigenvalue weighted by Crippen LogP contribution is -2.38. The van der Waals surface area contributed by atoms with E-state index in [1.807, 2.05) is 30.3 Å². The third-order valence-corrected chi connectivity index (χ3v) is 5.65. The fraction of sp³-hybridized carbons (Fsp3) is 0.143. The van der Waals surface area contributed by atoms with Crippen LogP contribution >= 0.6 is 22.9 Å². The molecule has 4 nitrogen and oxygen atoms in total. The smallest absolute Gasteiger partial charge is 0.348 e. The summed E-state index contributed by atoms with van der Waals surface area (Å²) in [4.78, 5) is 26.6. The predicted octanol–water partition coefficient (Wildman–Crippen LogP) is 6.10. The molecule has 0 aliphatic rings. The highest BCUT2D eigenvalue weighted by Gasteiger charge is 2.30. The number of carboxylic acids is 1. The van der Waals surface area contributed by atoms with Gasteiger partial charge in [0.1, 0.15) is 16.5 Å². The Bertz CT molecular complexity index is 1080. The molecular formula is C21H16ClF2NO3S. The number of carboxylic acid groups (broad SMARTS) is 1. The van der Waals surface area contributed by atoms with Crippen molar-refractivity contribution in [3.63, 3.8) is 0 Å². The Morgan fingerprint density at radius 2 is 1.72 bits per heavy atom. The van der Waals surface area contributed by atoms with Crippen LogP contribution in [0.1, 0.15) is 33.9 Å². The van der Waals surface area contributed by atoms with Gasteiger partial charge in [0, 0.05) is 10.9 Å². The van der Waals surface area contributed by atoms with Gasteiger partial charge in [-0.15, -0.1) is 11.3 Å². The van der Waals surface area contributed by atoms with Crippen molar-refractivity contribution >= 4 is 40.5 Å². The van der Waals surface area contributed by atoms with Gasteiger partial charge in [0.25, 0.3) is 5.91 Å². The van der Waals surface area contributed by atoms with Crippen molar-refractivity contribution in [2.24, 2.45) is 0 Å². The second kappa shape index (κ2) is 8.31. The maximum atomic E-state index is 14.3. The lowest BCUT2D eigenvalue weighted by Gasteiger charge is -2.27. The first-order valence-electron chi connectivity index (χ1n) is 8.61. The van der Waals surface area contributed by atoms with Gasteiger partial charge in [-0.3, -0.25) is 4.79 Å². The molecule has 0 atom stereocenters. The Labute approximate surface area is 175 Å². The third kappa shape index (κ3) is 4.16. The number of carbonyl (C=O) groups excluding carboxylic acids is 1. The second-order valence-corrected chi connectivity index (χ2v) is 7.97. The van der Waals surface area contributed by atoms with Crippen LogP contribution in [0.15, 0.2) is 48.5 Å². The topological polar surface area (TPSA) is 57.6 Å². The quantitative estimate of drug-likeness (QED) is 0.492. The van der Waals surface area contributed by atoms with Crippen molar-refractivity contribution in [3.8, 4) is 10.4 Å². The number of hydrogen-bond donors (Lipinski definition) is 1. The second-order valence-electron chi connectivity index (χ2n) is 6.51. The van der Waals surface area contributed by atoms with Crippen molar-refractivity contribution in [2.45, 2.75) is 19.9 Å². The van der Waals surface area contributed by atoms with Crippen LogP contribution in [0.3, 0.4) is 0 Å². The van der Waals surface area contributed by atoms with E-state index < -0.39 is 40.1 Å². The molecule has 29 heavy (non-hydrogen) atoms. The first-order chi connectivity index (χ1) is 13.7. The zero-order valence-corrected chi connectivity index (χ0v) is 17.0. The summed E-state index contributed by atoms with van der Waals surface area (Å²) in [5.41, 5.74) is 0.381. The van der Waals surface area contributed by atoms with Crippen LogP contribution in [-0.2, 0) is 0 Å². The van der Waals surface area contributed by atoms with Crippen LogP contribution in [0.25, 0.3) is 10.4 Å². The Balaban J connectivity index is 2.15. The molecule has 1 N–H and O–H groups in total. The molecule has 2 aromatic carbocycles. The first kappa shape index (κ1) is 21.0. The maximum Gasteiger partial charge on any atom is 0.348 e. The molecule has 0 aliphatic heterocycles. The van der Waals surface area contributed by atoms with Crippen LogP contribution in [0.4, 0.5) is 14.5 Å². The van der Waals surface area contributed by atoms with Crippen LogP contribution in [0.2, 0.25) is 5.02 Å². The zero-order chi connectivity index (χ0) is 21.3. The van der Waals surface area contributed by atoms with E-state index in [9.17, 15) is 23.5 Å². The van der Waals surface area contributed by atoms with Crippen LogP contribution in [-0.4, -0.2) is 23.0 Å². The van der Waals surface area contributed by atoms with Gasteiger partial charge in [-0.2, -0.15) is 0 Å². The third-order valence-electron chi connectivity index (χ3n) is 4.20. The molecule has 1 heterocycles. The van der Waals surface area contributed by atoms with Gasteiger partial charge >= 0.3 is 5.97 Å². The van der Waals surface area contributed by atoms with Gasteiger partial charge < -0.3 is 10.0 Å². The number of aromatic carboxylic acids is 1. The summed E-state index contributed by atoms with van der Waals surface area (Å²) in [6.45, 7) is 3.32. The summed E-state index contributed by atoms with van der Waals surface area (Å²) >= 11 is 6.58. The van der Waals surface area contributed by atoms with Gasteiger partial charge in [-0.1, -0.05) is 41.9 Å². The number of carbonyl (C=O) groups is 2. The number of halogens is 3. The van der Waals surface area contributed by atoms with Crippen molar-refractivity contribution in [2.75, 3.05) is 4.90 Å². The molecule has 1 amide bonds. The molecule has 0 saturated heterocycles. The summed E-state index contributed by atoms with van der Waals surface area (Å²) in [6, 6.07) is 11.6. The van der Waals surface area contributed by atoms with Crippen molar-refractivity contribution in [1.82, 2.24) is 0 Å². The van der Waals surface area contributed by atoms with E-state index in [0.29, 0.717) is 4.88 Å². The minimum Gasteiger partial charge on any atom is -0.477 e. The molecule has 3 rings (SSSR count). The summed E-state index contributed by atoms with van der Waals surface area (Å²) < 4.78 is 28.2. The number of anilines is 1. The zero-order valence-electron chi connectivity index (χ0n) is 15.4. The average Bonchev–Trinajstić information content (AvgIpc) is 3.10. The monoisotopic (exact) mass is 435 g/mol. The van der Waals surface area contributed by atoms with E-state index >= 15 is 0 Å². The highest BCUT2D eigenvalue weighted by molar-refractivity contribution is 7.18. The summed E-state index contributed by atoms with van der Waals surface area (Å²) in [7, 11) is 0. The highest BCUT2D eigenvalue weighted by atomic mass is 35.5. The Hall–Kier alpha value is -2.77. The maximum absolute atomic E-state index is 14.3. The molecule has 0 fully saturated rings. The SMILES string of the molecule is CC(C)N(C(=O)c1cc(F)c(Cl)cc1F)c1cc(-c2ccccc2)sc1C(=O)O. The Morgan fingerprint density at radius 3 is 2.31 bits per heavy atom. The summed E-state index contributed by atoms with van der Waals surface area (Å²) in [5, 5.41) is 9.22. The molecule has 3 aromatic rings. The van der Waals surface area contributed by atoms with Crippen molar-refractivity contribution in [3.05, 3.63) is 75.6 Å². The van der Waals surface area contributed by atoms with Crippen LogP contribution in [0, 0.1) is 11.6 Å². The molecule has 8 heteroatoms. The molecule has 1 aromatic heterocycles. The standard InChI is InChI=1S/C21H16ClF2NO3S/c1-11(2)25(20(26)13-8-16(24)14(22)9-15(13)23)17-10-18(29-19(17)21(27)28)12-6-4-3-5-7-12/h3-11H,1-2H3,(H,27,28). The fourth-order valence-corrected chi connectivity index (χ4v) is 4.04. The average molecular weight is 436 g/mol. The van der Waals surface area contributed by atoms with Gasteiger partial charge in [0.2, 0.25) is 0 Å². The van der Waals surface area contributed by atoms with E-state index in [1.54, 1.807) is 19.9 Å². The molecule has 0 aliphatic carbocycles. The molecule has 0 radical (unpaired) electrons. The summed E-state index contributed by atoms with van der Waals surface area (Å²) in [5.74, 6) is -3.99. The molecule has 0 unspecified atom stereocenters. The highest BCUT2D eigenvalue weighted by Crippen LogP contribution is 2.38. The molecule has 0 saturated carbocycles. The molecular weight excluding hydrogens is 420 g/mol. The van der Waals surface area contributed by atoms with Gasteiger partial charge in [0.15, 0.2) is 0 Å². The van der Waals surface area contributed by atoms with Gasteiger partial charge in [-0.25, -0.2) is 13.6 Å². The van der Waals surface area contributed by atoms with E-state index in [2.05, 4.69) is 0 Å². The van der Waals surface area contributed by atoms with Gasteiger partial charge in [0.05, 0.1) is 16.3 Å². The number of rotatable bonds is 5. The molecule has 150 valence electrons. The fourth-order valence-electron chi connectivity index (χ4n) is 2.90. The number of nitrogens with zero attached hydrogens (tertiary/aromatic N) is 1. The number of thiophene rings is 1. The number of amides is 1. The first-order valence-corrected chi connectivity index (χ1v) is 9.80. The largest absolute Gasteiger partial charge is 0.477 e. The van der Waals surface area contributed by atoms with E-state index in [-0.39, 0.29) is 10.6 Å². The lowest BCUT2D eigenvalue weighted by molar-refractivity contribution is 0.0703. The van der Waals surface area contributed by atoms with Crippen molar-refractivity contribution in [1.29, 1.82) is 0 Å². The molecule has 0 bridgehead atoms. The van der Waals surface area contributed by atoms with E-state index in [0.717, 1.165) is 33.9 Å². The van der Waals surface area contributed by atoms with E-state index in [1.165, 1.54) is 0 Å². The Morgan fingerprint density at radius 1 is 1.07 bits per heavy atom. The van der Waals surface area contributed by atoms with Crippen LogP contribution < -0.4 is 4.90 Å². The predicted molar refractivity (Wildman–Crippen MR) is 110 cm³/mol. The van der Waals surface area contributed by atoms with E-state index in [4.69, 9.17) is 11.6 Å². The number of hydrogen-bond acceptors (Lipinski definition) is 3. The summed E-state index contributed by atoms with van der Waals surface area (Å²) in [6.07, 6.45) is 0. The number of benzene rings is 2. The minimum atomic E-state index is -1.21. The normalized spacial score (nSPS) is 11.0. The molecule has 0 spiro atoms.